The Labute approximate surface area is 118 Å². The van der Waals surface area contributed by atoms with Crippen molar-refractivity contribution in [2.24, 2.45) is 0 Å². The highest BCUT2D eigenvalue weighted by Gasteiger charge is 2.32. The second-order valence-corrected chi connectivity index (χ2v) is 6.89. The SMILES string of the molecule is C=CCN(CC1CO1)S(=O)(=O)c1ccc(C2CO2)cc1. The van der Waals surface area contributed by atoms with Gasteiger partial charge in [0.2, 0.25) is 10.0 Å². The van der Waals surface area contributed by atoms with Crippen LogP contribution in [0.2, 0.25) is 0 Å². The monoisotopic (exact) mass is 295 g/mol. The van der Waals surface area contributed by atoms with Crippen LogP contribution in [0.1, 0.15) is 11.7 Å². The van der Waals surface area contributed by atoms with Gasteiger partial charge in [-0.15, -0.1) is 6.58 Å². The average molecular weight is 295 g/mol. The molecule has 1 aromatic rings. The third-order valence-corrected chi connectivity index (χ3v) is 5.21. The van der Waals surface area contributed by atoms with E-state index in [0.29, 0.717) is 24.7 Å². The van der Waals surface area contributed by atoms with E-state index in [2.05, 4.69) is 6.58 Å². The molecule has 2 aliphatic heterocycles. The smallest absolute Gasteiger partial charge is 0.243 e. The molecule has 108 valence electrons. The summed E-state index contributed by atoms with van der Waals surface area (Å²) in [7, 11) is -3.50. The maximum atomic E-state index is 12.6. The van der Waals surface area contributed by atoms with Gasteiger partial charge in [-0.3, -0.25) is 0 Å². The molecule has 0 amide bonds. The number of ether oxygens (including phenoxy) is 2. The van der Waals surface area contributed by atoms with E-state index < -0.39 is 10.0 Å². The zero-order chi connectivity index (χ0) is 14.2. The maximum absolute atomic E-state index is 12.6. The minimum absolute atomic E-state index is 0.0175. The summed E-state index contributed by atoms with van der Waals surface area (Å²) in [6, 6.07) is 6.89. The number of benzene rings is 1. The third-order valence-electron chi connectivity index (χ3n) is 3.37. The van der Waals surface area contributed by atoms with Crippen LogP contribution in [0.25, 0.3) is 0 Å². The summed E-state index contributed by atoms with van der Waals surface area (Å²) in [5.74, 6) is 0. The summed E-state index contributed by atoms with van der Waals surface area (Å²) in [6.45, 7) is 5.62. The minimum atomic E-state index is -3.50. The lowest BCUT2D eigenvalue weighted by molar-refractivity contribution is 0.348. The minimum Gasteiger partial charge on any atom is -0.372 e. The van der Waals surface area contributed by atoms with Crippen LogP contribution >= 0.6 is 0 Å². The molecule has 2 heterocycles. The molecule has 20 heavy (non-hydrogen) atoms. The zero-order valence-corrected chi connectivity index (χ0v) is 11.9. The topological polar surface area (TPSA) is 62.4 Å². The lowest BCUT2D eigenvalue weighted by atomic mass is 10.2. The molecule has 3 rings (SSSR count). The molecule has 2 aliphatic rings. The molecular formula is C14H17NO4S. The number of sulfonamides is 1. The molecule has 0 aromatic heterocycles. The van der Waals surface area contributed by atoms with Crippen molar-refractivity contribution < 1.29 is 17.9 Å². The van der Waals surface area contributed by atoms with E-state index in [1.54, 1.807) is 18.2 Å². The predicted octanol–water partition coefficient (Wildman–Crippen LogP) is 1.33. The highest BCUT2D eigenvalue weighted by atomic mass is 32.2. The Kier molecular flexibility index (Phi) is 3.64. The Morgan fingerprint density at radius 3 is 2.40 bits per heavy atom. The zero-order valence-electron chi connectivity index (χ0n) is 11.1. The number of rotatable bonds is 7. The molecule has 2 atom stereocenters. The molecular weight excluding hydrogens is 278 g/mol. The van der Waals surface area contributed by atoms with Crippen LogP contribution in [0.15, 0.2) is 41.8 Å². The normalized spacial score (nSPS) is 24.6. The van der Waals surface area contributed by atoms with Crippen LogP contribution in [-0.2, 0) is 19.5 Å². The molecule has 2 fully saturated rings. The predicted molar refractivity (Wildman–Crippen MR) is 73.8 cm³/mol. The summed E-state index contributed by atoms with van der Waals surface area (Å²) in [5.41, 5.74) is 1.02. The Bertz CT molecular complexity index is 588. The fourth-order valence-corrected chi connectivity index (χ4v) is 3.50. The number of epoxide rings is 2. The van der Waals surface area contributed by atoms with Crippen LogP contribution in [-0.4, -0.2) is 45.1 Å². The molecule has 0 N–H and O–H groups in total. The van der Waals surface area contributed by atoms with Gasteiger partial charge in [0.15, 0.2) is 0 Å². The molecule has 0 spiro atoms. The quantitative estimate of drug-likeness (QED) is 0.562. The van der Waals surface area contributed by atoms with Gasteiger partial charge in [0.05, 0.1) is 24.2 Å². The first-order valence-corrected chi connectivity index (χ1v) is 7.99. The Hall–Kier alpha value is -1.21. The van der Waals surface area contributed by atoms with Crippen molar-refractivity contribution in [3.8, 4) is 0 Å². The van der Waals surface area contributed by atoms with Crippen molar-refractivity contribution in [2.75, 3.05) is 26.3 Å². The van der Waals surface area contributed by atoms with E-state index in [1.165, 1.54) is 4.31 Å². The molecule has 0 bridgehead atoms. The van der Waals surface area contributed by atoms with Crippen LogP contribution in [0, 0.1) is 0 Å². The fourth-order valence-electron chi connectivity index (χ4n) is 2.06. The first-order valence-electron chi connectivity index (χ1n) is 6.55. The van der Waals surface area contributed by atoms with Gasteiger partial charge in [-0.05, 0) is 17.7 Å². The van der Waals surface area contributed by atoms with Gasteiger partial charge in [-0.1, -0.05) is 18.2 Å². The van der Waals surface area contributed by atoms with Crippen molar-refractivity contribution in [2.45, 2.75) is 17.1 Å². The summed E-state index contributed by atoms with van der Waals surface area (Å²) >= 11 is 0. The van der Waals surface area contributed by atoms with Crippen LogP contribution < -0.4 is 0 Å². The van der Waals surface area contributed by atoms with Crippen LogP contribution in [0.4, 0.5) is 0 Å². The third kappa shape index (κ3) is 2.93. The van der Waals surface area contributed by atoms with E-state index in [0.717, 1.165) is 5.56 Å². The lowest BCUT2D eigenvalue weighted by Gasteiger charge is -2.19. The van der Waals surface area contributed by atoms with Gasteiger partial charge in [-0.25, -0.2) is 8.42 Å². The molecule has 0 aliphatic carbocycles. The van der Waals surface area contributed by atoms with Crippen molar-refractivity contribution >= 4 is 10.0 Å². The number of nitrogens with zero attached hydrogens (tertiary/aromatic N) is 1. The first kappa shape index (κ1) is 13.8. The van der Waals surface area contributed by atoms with E-state index in [9.17, 15) is 8.42 Å². The van der Waals surface area contributed by atoms with E-state index in [1.807, 2.05) is 12.1 Å². The standard InChI is InChI=1S/C14H17NO4S/c1-2-7-15(8-12-9-18-12)20(16,17)13-5-3-11(4-6-13)14-10-19-14/h2-6,12,14H,1,7-10H2. The van der Waals surface area contributed by atoms with Gasteiger partial charge < -0.3 is 9.47 Å². The molecule has 2 unspecified atom stereocenters. The van der Waals surface area contributed by atoms with E-state index in [4.69, 9.17) is 9.47 Å². The highest BCUT2D eigenvalue weighted by Crippen LogP contribution is 2.30. The lowest BCUT2D eigenvalue weighted by Crippen LogP contribution is -2.34. The van der Waals surface area contributed by atoms with Crippen LogP contribution in [0.5, 0.6) is 0 Å². The summed E-state index contributed by atoms with van der Waals surface area (Å²) < 4.78 is 36.8. The van der Waals surface area contributed by atoms with Crippen LogP contribution in [0.3, 0.4) is 0 Å². The molecule has 1 aromatic carbocycles. The summed E-state index contributed by atoms with van der Waals surface area (Å²) in [6.07, 6.45) is 1.74. The van der Waals surface area contributed by atoms with Gasteiger partial charge in [0, 0.05) is 13.1 Å². The molecule has 2 saturated heterocycles. The van der Waals surface area contributed by atoms with Gasteiger partial charge in [0.25, 0.3) is 0 Å². The van der Waals surface area contributed by atoms with E-state index >= 15 is 0 Å². The molecule has 0 saturated carbocycles. The Morgan fingerprint density at radius 2 is 1.90 bits per heavy atom. The van der Waals surface area contributed by atoms with Gasteiger partial charge in [-0.2, -0.15) is 4.31 Å². The van der Waals surface area contributed by atoms with Crippen molar-refractivity contribution in [1.29, 1.82) is 0 Å². The Morgan fingerprint density at radius 1 is 1.25 bits per heavy atom. The molecule has 5 nitrogen and oxygen atoms in total. The summed E-state index contributed by atoms with van der Waals surface area (Å²) in [4.78, 5) is 0.296. The highest BCUT2D eigenvalue weighted by molar-refractivity contribution is 7.89. The van der Waals surface area contributed by atoms with E-state index in [-0.39, 0.29) is 18.8 Å². The number of hydrogen-bond acceptors (Lipinski definition) is 4. The van der Waals surface area contributed by atoms with Gasteiger partial charge >= 0.3 is 0 Å². The summed E-state index contributed by atoms with van der Waals surface area (Å²) in [5, 5.41) is 0. The van der Waals surface area contributed by atoms with Gasteiger partial charge in [0.1, 0.15) is 6.10 Å². The Balaban J connectivity index is 1.81. The second-order valence-electron chi connectivity index (χ2n) is 4.96. The van der Waals surface area contributed by atoms with Crippen molar-refractivity contribution in [1.82, 2.24) is 4.31 Å². The number of hydrogen-bond donors (Lipinski definition) is 0. The first-order chi connectivity index (χ1) is 9.61. The van der Waals surface area contributed by atoms with Crippen molar-refractivity contribution in [3.05, 3.63) is 42.5 Å². The maximum Gasteiger partial charge on any atom is 0.243 e. The fraction of sp³-hybridized carbons (Fsp3) is 0.429. The average Bonchev–Trinajstić information content (AvgIpc) is 3.31. The largest absolute Gasteiger partial charge is 0.372 e. The molecule has 6 heteroatoms. The second kappa shape index (κ2) is 5.29. The molecule has 0 radical (unpaired) electrons. The van der Waals surface area contributed by atoms with Crippen molar-refractivity contribution in [3.63, 3.8) is 0 Å².